The molecule has 0 aliphatic heterocycles. The van der Waals surface area contributed by atoms with Gasteiger partial charge in [-0.15, -0.1) is 0 Å². The number of rotatable bonds is 1. The van der Waals surface area contributed by atoms with E-state index in [4.69, 9.17) is 0 Å². The van der Waals surface area contributed by atoms with Crippen molar-refractivity contribution >= 4 is 0 Å². The van der Waals surface area contributed by atoms with Gasteiger partial charge in [0.05, 0.1) is 6.10 Å². The highest BCUT2D eigenvalue weighted by Crippen LogP contribution is 2.35. The second-order valence-electron chi connectivity index (χ2n) is 5.78. The van der Waals surface area contributed by atoms with E-state index < -0.39 is 0 Å². The topological polar surface area (TPSA) is 20.2 Å². The first-order valence-corrected chi connectivity index (χ1v) is 5.76. The molecule has 1 atom stereocenters. The van der Waals surface area contributed by atoms with Crippen molar-refractivity contribution in [1.82, 2.24) is 0 Å². The third kappa shape index (κ3) is 2.23. The van der Waals surface area contributed by atoms with Crippen molar-refractivity contribution in [2.24, 2.45) is 5.41 Å². The Morgan fingerprint density at radius 2 is 2.07 bits per heavy atom. The van der Waals surface area contributed by atoms with Crippen molar-refractivity contribution in [3.05, 3.63) is 34.9 Å². The quantitative estimate of drug-likeness (QED) is 0.744. The molecule has 0 bridgehead atoms. The molecule has 1 aromatic rings. The molecular weight excluding hydrogens is 184 g/mol. The van der Waals surface area contributed by atoms with Crippen LogP contribution in [0.3, 0.4) is 0 Å². The van der Waals surface area contributed by atoms with Gasteiger partial charge in [-0.3, -0.25) is 0 Å². The van der Waals surface area contributed by atoms with Crippen molar-refractivity contribution in [2.75, 3.05) is 0 Å². The van der Waals surface area contributed by atoms with E-state index in [9.17, 15) is 5.11 Å². The number of aliphatic hydroxyl groups excluding tert-OH is 1. The van der Waals surface area contributed by atoms with Crippen LogP contribution in [0.5, 0.6) is 0 Å². The Bertz CT molecular complexity index is 360. The van der Waals surface area contributed by atoms with E-state index in [0.29, 0.717) is 5.41 Å². The van der Waals surface area contributed by atoms with Crippen LogP contribution in [0.1, 0.15) is 50.0 Å². The van der Waals surface area contributed by atoms with Crippen molar-refractivity contribution in [2.45, 2.75) is 46.1 Å². The molecule has 0 spiro atoms. The lowest BCUT2D eigenvalue weighted by Gasteiger charge is -2.20. The van der Waals surface area contributed by atoms with Crippen LogP contribution in [-0.2, 0) is 12.8 Å². The summed E-state index contributed by atoms with van der Waals surface area (Å²) in [7, 11) is 0. The summed E-state index contributed by atoms with van der Waals surface area (Å²) in [4.78, 5) is 0. The molecule has 0 heterocycles. The normalized spacial score (nSPS) is 20.4. The molecular formula is C14H20O. The summed E-state index contributed by atoms with van der Waals surface area (Å²) in [5.74, 6) is 0. The fourth-order valence-corrected chi connectivity index (χ4v) is 2.45. The van der Waals surface area contributed by atoms with Gasteiger partial charge in [-0.05, 0) is 41.4 Å². The molecule has 1 nitrogen and oxygen atoms in total. The van der Waals surface area contributed by atoms with Crippen molar-refractivity contribution < 1.29 is 5.11 Å². The first-order chi connectivity index (χ1) is 6.97. The van der Waals surface area contributed by atoms with Gasteiger partial charge < -0.3 is 5.11 Å². The molecule has 2 rings (SSSR count). The van der Waals surface area contributed by atoms with Gasteiger partial charge >= 0.3 is 0 Å². The van der Waals surface area contributed by atoms with Gasteiger partial charge in [-0.2, -0.15) is 0 Å². The van der Waals surface area contributed by atoms with Crippen LogP contribution in [0.2, 0.25) is 0 Å². The van der Waals surface area contributed by atoms with Crippen LogP contribution >= 0.6 is 0 Å². The van der Waals surface area contributed by atoms with E-state index in [1.807, 2.05) is 0 Å². The molecule has 82 valence electrons. The summed E-state index contributed by atoms with van der Waals surface area (Å²) in [6.45, 7) is 6.79. The predicted octanol–water partition coefficient (Wildman–Crippen LogP) is 3.25. The smallest absolute Gasteiger partial charge is 0.0796 e. The third-order valence-corrected chi connectivity index (χ3v) is 3.06. The lowest BCUT2D eigenvalue weighted by molar-refractivity contribution is 0.180. The van der Waals surface area contributed by atoms with Crippen LogP contribution in [0, 0.1) is 5.41 Å². The Morgan fingerprint density at radius 3 is 2.73 bits per heavy atom. The van der Waals surface area contributed by atoms with Gasteiger partial charge in [0.2, 0.25) is 0 Å². The highest BCUT2D eigenvalue weighted by molar-refractivity contribution is 5.40. The standard InChI is InChI=1S/C14H20O/c1-14(2,3)9-10-5-4-6-12-11(10)7-8-13(12)15/h4-6,13,15H,7-9H2,1-3H3/t13-/m0/s1. The Kier molecular flexibility index (Phi) is 2.59. The van der Waals surface area contributed by atoms with Crippen LogP contribution in [0.4, 0.5) is 0 Å². The highest BCUT2D eigenvalue weighted by Gasteiger charge is 2.23. The van der Waals surface area contributed by atoms with Crippen molar-refractivity contribution in [3.63, 3.8) is 0 Å². The lowest BCUT2D eigenvalue weighted by Crippen LogP contribution is -2.11. The summed E-state index contributed by atoms with van der Waals surface area (Å²) in [6, 6.07) is 6.36. The third-order valence-electron chi connectivity index (χ3n) is 3.06. The number of fused-ring (bicyclic) bond motifs is 1. The molecule has 1 N–H and O–H groups in total. The summed E-state index contributed by atoms with van der Waals surface area (Å²) >= 11 is 0. The molecule has 0 saturated heterocycles. The first kappa shape index (κ1) is 10.7. The molecule has 0 aromatic heterocycles. The fourth-order valence-electron chi connectivity index (χ4n) is 2.45. The van der Waals surface area contributed by atoms with E-state index in [2.05, 4.69) is 39.0 Å². The Hall–Kier alpha value is -0.820. The highest BCUT2D eigenvalue weighted by atomic mass is 16.3. The molecule has 1 aliphatic rings. The van der Waals surface area contributed by atoms with Gasteiger partial charge in [0.25, 0.3) is 0 Å². The zero-order valence-corrected chi connectivity index (χ0v) is 9.88. The number of hydrogen-bond donors (Lipinski definition) is 1. The largest absolute Gasteiger partial charge is 0.388 e. The maximum absolute atomic E-state index is 9.80. The van der Waals surface area contributed by atoms with E-state index in [1.165, 1.54) is 11.1 Å². The Morgan fingerprint density at radius 1 is 1.33 bits per heavy atom. The predicted molar refractivity (Wildman–Crippen MR) is 62.9 cm³/mol. The second-order valence-corrected chi connectivity index (χ2v) is 5.78. The maximum atomic E-state index is 9.80. The summed E-state index contributed by atoms with van der Waals surface area (Å²) in [6.07, 6.45) is 2.82. The Labute approximate surface area is 92.1 Å². The molecule has 0 fully saturated rings. The summed E-state index contributed by atoms with van der Waals surface area (Å²) in [5, 5.41) is 9.80. The number of benzene rings is 1. The number of hydrogen-bond acceptors (Lipinski definition) is 1. The maximum Gasteiger partial charge on any atom is 0.0796 e. The minimum atomic E-state index is -0.222. The zero-order chi connectivity index (χ0) is 11.1. The van der Waals surface area contributed by atoms with Gasteiger partial charge in [-0.1, -0.05) is 39.0 Å². The van der Waals surface area contributed by atoms with Gasteiger partial charge in [0.1, 0.15) is 0 Å². The molecule has 0 saturated carbocycles. The lowest BCUT2D eigenvalue weighted by atomic mass is 9.85. The minimum Gasteiger partial charge on any atom is -0.388 e. The van der Waals surface area contributed by atoms with E-state index in [-0.39, 0.29) is 6.10 Å². The first-order valence-electron chi connectivity index (χ1n) is 5.76. The molecule has 0 amide bonds. The van der Waals surface area contributed by atoms with Gasteiger partial charge in [0, 0.05) is 0 Å². The zero-order valence-electron chi connectivity index (χ0n) is 9.88. The average Bonchev–Trinajstić information content (AvgIpc) is 2.47. The molecule has 1 heteroatoms. The van der Waals surface area contributed by atoms with E-state index >= 15 is 0 Å². The molecule has 0 radical (unpaired) electrons. The minimum absolute atomic E-state index is 0.222. The van der Waals surface area contributed by atoms with Crippen LogP contribution in [-0.4, -0.2) is 5.11 Å². The molecule has 1 aromatic carbocycles. The molecule has 1 aliphatic carbocycles. The number of aliphatic hydroxyl groups is 1. The second kappa shape index (κ2) is 3.64. The van der Waals surface area contributed by atoms with Crippen LogP contribution in [0.15, 0.2) is 18.2 Å². The fraction of sp³-hybridized carbons (Fsp3) is 0.571. The molecule has 15 heavy (non-hydrogen) atoms. The van der Waals surface area contributed by atoms with Gasteiger partial charge in [-0.25, -0.2) is 0 Å². The average molecular weight is 204 g/mol. The van der Waals surface area contributed by atoms with Gasteiger partial charge in [0.15, 0.2) is 0 Å². The molecule has 0 unspecified atom stereocenters. The monoisotopic (exact) mass is 204 g/mol. The van der Waals surface area contributed by atoms with Crippen LogP contribution < -0.4 is 0 Å². The van der Waals surface area contributed by atoms with Crippen molar-refractivity contribution in [3.8, 4) is 0 Å². The van der Waals surface area contributed by atoms with E-state index in [1.54, 1.807) is 0 Å². The Balaban J connectivity index is 2.34. The SMILES string of the molecule is CC(C)(C)Cc1cccc2c1CC[C@@H]2O. The summed E-state index contributed by atoms with van der Waals surface area (Å²) < 4.78 is 0. The van der Waals surface area contributed by atoms with E-state index in [0.717, 1.165) is 24.8 Å². The summed E-state index contributed by atoms with van der Waals surface area (Å²) in [5.41, 5.74) is 4.32. The van der Waals surface area contributed by atoms with Crippen LogP contribution in [0.25, 0.3) is 0 Å². The van der Waals surface area contributed by atoms with Crippen molar-refractivity contribution in [1.29, 1.82) is 0 Å².